The summed E-state index contributed by atoms with van der Waals surface area (Å²) in [6.07, 6.45) is 40.4. The summed E-state index contributed by atoms with van der Waals surface area (Å²) in [5, 5.41) is 22.5. The molecule has 0 aliphatic carbocycles. The van der Waals surface area contributed by atoms with Crippen LogP contribution in [0.25, 0.3) is 0 Å². The van der Waals surface area contributed by atoms with Gasteiger partial charge < -0.3 is 20.8 Å². The van der Waals surface area contributed by atoms with Crippen LogP contribution in [-0.4, -0.2) is 50.3 Å². The van der Waals surface area contributed by atoms with E-state index in [2.05, 4.69) is 24.5 Å². The largest absolute Gasteiger partial charge is 0.481 e. The molecule has 46 heavy (non-hydrogen) atoms. The summed E-state index contributed by atoms with van der Waals surface area (Å²) in [5.41, 5.74) is 0. The Kier molecular flexibility index (Phi) is 60.0. The van der Waals surface area contributed by atoms with Gasteiger partial charge in [-0.25, -0.2) is 0 Å². The second-order valence-corrected chi connectivity index (χ2v) is 13.2. The molecule has 0 saturated carbocycles. The lowest BCUT2D eigenvalue weighted by atomic mass is 10.0. The van der Waals surface area contributed by atoms with E-state index in [1.54, 1.807) is 0 Å². The Balaban J connectivity index is -0.000000326. The first-order valence-corrected chi connectivity index (χ1v) is 20.0. The van der Waals surface area contributed by atoms with E-state index < -0.39 is 11.9 Å². The minimum absolute atomic E-state index is 0.345. The molecular weight excluding hydrogens is 572 g/mol. The molecule has 0 saturated heterocycles. The van der Waals surface area contributed by atoms with Crippen molar-refractivity contribution in [1.29, 1.82) is 0 Å². The molecule has 0 atom stereocenters. The van der Waals surface area contributed by atoms with Crippen LogP contribution in [0.4, 0.5) is 0 Å². The molecule has 0 bridgehead atoms. The van der Waals surface area contributed by atoms with Gasteiger partial charge in [-0.3, -0.25) is 9.59 Å². The van der Waals surface area contributed by atoms with Crippen LogP contribution in [0.15, 0.2) is 0 Å². The SMILES string of the molecule is CCCCCCCCCCCCCCCCCC(=O)O.CCCCCCCCCCCCCCCCCC(=O)O.CNC.CNC. The number of hydrogen-bond donors (Lipinski definition) is 4. The number of unbranched alkanes of at least 4 members (excludes halogenated alkanes) is 28. The Morgan fingerprint density at radius 3 is 0.587 bits per heavy atom. The third-order valence-electron chi connectivity index (χ3n) is 7.99. The molecule has 6 nitrogen and oxygen atoms in total. The minimum Gasteiger partial charge on any atom is -0.481 e. The fourth-order valence-corrected chi connectivity index (χ4v) is 5.30. The normalized spacial score (nSPS) is 10.2. The Bertz CT molecular complexity index is 485. The molecule has 0 aliphatic heterocycles. The molecule has 0 radical (unpaired) electrons. The van der Waals surface area contributed by atoms with E-state index in [1.165, 1.54) is 167 Å². The first-order valence-electron chi connectivity index (χ1n) is 20.0. The van der Waals surface area contributed by atoms with Crippen molar-refractivity contribution in [2.45, 2.75) is 219 Å². The summed E-state index contributed by atoms with van der Waals surface area (Å²) in [6.45, 7) is 4.54. The lowest BCUT2D eigenvalue weighted by Gasteiger charge is -2.03. The summed E-state index contributed by atoms with van der Waals surface area (Å²) in [7, 11) is 7.50. The van der Waals surface area contributed by atoms with E-state index in [0.29, 0.717) is 12.8 Å². The lowest BCUT2D eigenvalue weighted by molar-refractivity contribution is -0.138. The van der Waals surface area contributed by atoms with Gasteiger partial charge in [0, 0.05) is 12.8 Å². The van der Waals surface area contributed by atoms with Crippen LogP contribution in [0.1, 0.15) is 219 Å². The first kappa shape index (κ1) is 51.7. The molecule has 280 valence electrons. The highest BCUT2D eigenvalue weighted by Gasteiger charge is 1.98. The summed E-state index contributed by atoms with van der Waals surface area (Å²) in [4.78, 5) is 20.7. The number of hydrogen-bond acceptors (Lipinski definition) is 4. The fraction of sp³-hybridized carbons (Fsp3) is 0.950. The third-order valence-corrected chi connectivity index (χ3v) is 7.99. The molecule has 0 fully saturated rings. The predicted octanol–water partition coefficient (Wildman–Crippen LogP) is 12.3. The van der Waals surface area contributed by atoms with Crippen LogP contribution in [0.2, 0.25) is 0 Å². The average Bonchev–Trinajstić information content (AvgIpc) is 3.02. The fourth-order valence-electron chi connectivity index (χ4n) is 5.30. The first-order chi connectivity index (χ1) is 22.4. The van der Waals surface area contributed by atoms with Crippen molar-refractivity contribution in [2.75, 3.05) is 28.2 Å². The molecule has 0 amide bonds. The van der Waals surface area contributed by atoms with Crippen molar-refractivity contribution < 1.29 is 19.8 Å². The highest BCUT2D eigenvalue weighted by molar-refractivity contribution is 5.66. The van der Waals surface area contributed by atoms with Crippen LogP contribution in [-0.2, 0) is 9.59 Å². The van der Waals surface area contributed by atoms with Gasteiger partial charge in [0.05, 0.1) is 0 Å². The molecule has 0 rings (SSSR count). The Morgan fingerprint density at radius 1 is 0.326 bits per heavy atom. The number of nitrogens with one attached hydrogen (secondary N) is 2. The number of carbonyl (C=O) groups is 2. The topological polar surface area (TPSA) is 98.7 Å². The summed E-state index contributed by atoms with van der Waals surface area (Å²) in [5.74, 6) is -1.31. The maximum atomic E-state index is 10.3. The van der Waals surface area contributed by atoms with E-state index in [9.17, 15) is 9.59 Å². The third kappa shape index (κ3) is 69.6. The van der Waals surface area contributed by atoms with Crippen molar-refractivity contribution in [3.63, 3.8) is 0 Å². The number of rotatable bonds is 32. The van der Waals surface area contributed by atoms with Gasteiger partial charge in [-0.05, 0) is 41.0 Å². The molecule has 0 spiro atoms. The standard InChI is InChI=1S/2C18H36O2.2C2H7N/c2*1-2-3-4-5-6-7-8-9-10-11-12-13-14-15-16-17-18(19)20;2*1-3-2/h2*2-17H2,1H3,(H,19,20);2*3H,1-2H3. The van der Waals surface area contributed by atoms with Gasteiger partial charge in [-0.2, -0.15) is 0 Å². The Hall–Kier alpha value is -1.14. The molecule has 0 heterocycles. The van der Waals surface area contributed by atoms with Gasteiger partial charge >= 0.3 is 11.9 Å². The maximum Gasteiger partial charge on any atom is 0.303 e. The minimum atomic E-state index is -0.653. The monoisotopic (exact) mass is 659 g/mol. The van der Waals surface area contributed by atoms with Gasteiger partial charge in [0.15, 0.2) is 0 Å². The lowest BCUT2D eigenvalue weighted by Crippen LogP contribution is -1.93. The van der Waals surface area contributed by atoms with E-state index in [1.807, 2.05) is 28.2 Å². The number of aliphatic carboxylic acids is 2. The number of carboxylic acids is 2. The van der Waals surface area contributed by atoms with Crippen molar-refractivity contribution in [3.05, 3.63) is 0 Å². The van der Waals surface area contributed by atoms with Crippen LogP contribution in [0.3, 0.4) is 0 Å². The molecule has 6 heteroatoms. The zero-order valence-corrected chi connectivity index (χ0v) is 32.3. The van der Waals surface area contributed by atoms with Gasteiger partial charge in [0.2, 0.25) is 0 Å². The van der Waals surface area contributed by atoms with Crippen molar-refractivity contribution in [3.8, 4) is 0 Å². The van der Waals surface area contributed by atoms with Gasteiger partial charge in [-0.1, -0.05) is 194 Å². The number of carboxylic acid groups (broad SMARTS) is 2. The highest BCUT2D eigenvalue weighted by Crippen LogP contribution is 2.15. The molecule has 0 aromatic carbocycles. The van der Waals surface area contributed by atoms with Gasteiger partial charge in [0.1, 0.15) is 0 Å². The van der Waals surface area contributed by atoms with Crippen LogP contribution in [0.5, 0.6) is 0 Å². The van der Waals surface area contributed by atoms with Gasteiger partial charge in [-0.15, -0.1) is 0 Å². The van der Waals surface area contributed by atoms with Crippen LogP contribution in [0, 0.1) is 0 Å². The van der Waals surface area contributed by atoms with Crippen LogP contribution >= 0.6 is 0 Å². The predicted molar refractivity (Wildman–Crippen MR) is 204 cm³/mol. The second-order valence-electron chi connectivity index (χ2n) is 13.2. The molecule has 0 aromatic rings. The van der Waals surface area contributed by atoms with E-state index >= 15 is 0 Å². The summed E-state index contributed by atoms with van der Waals surface area (Å²) in [6, 6.07) is 0. The average molecular weight is 659 g/mol. The van der Waals surface area contributed by atoms with E-state index in [0.717, 1.165) is 25.7 Å². The van der Waals surface area contributed by atoms with E-state index in [-0.39, 0.29) is 0 Å². The van der Waals surface area contributed by atoms with E-state index in [4.69, 9.17) is 10.2 Å². The van der Waals surface area contributed by atoms with Crippen LogP contribution < -0.4 is 10.6 Å². The summed E-state index contributed by atoms with van der Waals surface area (Å²) >= 11 is 0. The van der Waals surface area contributed by atoms with Crippen molar-refractivity contribution >= 4 is 11.9 Å². The second kappa shape index (κ2) is 53.4. The van der Waals surface area contributed by atoms with Crippen molar-refractivity contribution in [1.82, 2.24) is 10.6 Å². The molecular formula is C40H86N2O4. The molecule has 0 aliphatic rings. The molecule has 0 aromatic heterocycles. The summed E-state index contributed by atoms with van der Waals surface area (Å²) < 4.78 is 0. The molecule has 0 unspecified atom stereocenters. The zero-order valence-electron chi connectivity index (χ0n) is 32.3. The molecule has 4 N–H and O–H groups in total. The smallest absolute Gasteiger partial charge is 0.303 e. The Morgan fingerprint density at radius 2 is 0.457 bits per heavy atom. The van der Waals surface area contributed by atoms with Crippen molar-refractivity contribution in [2.24, 2.45) is 0 Å². The maximum absolute atomic E-state index is 10.3. The quantitative estimate of drug-likeness (QED) is 0.0537. The van der Waals surface area contributed by atoms with Gasteiger partial charge in [0.25, 0.3) is 0 Å². The highest BCUT2D eigenvalue weighted by atomic mass is 16.4. The Labute approximate surface area is 289 Å². The zero-order chi connectivity index (χ0) is 35.2.